The van der Waals surface area contributed by atoms with Gasteiger partial charge in [-0.3, -0.25) is 0 Å². The van der Waals surface area contributed by atoms with Gasteiger partial charge in [0.1, 0.15) is 5.25 Å². The van der Waals surface area contributed by atoms with E-state index in [2.05, 4.69) is 0 Å². The van der Waals surface area contributed by atoms with Crippen LogP contribution in [0.2, 0.25) is 0 Å². The third-order valence-electron chi connectivity index (χ3n) is 1.28. The van der Waals surface area contributed by atoms with Crippen molar-refractivity contribution in [1.82, 2.24) is 0 Å². The Morgan fingerprint density at radius 1 is 1.50 bits per heavy atom. The van der Waals surface area contributed by atoms with Crippen molar-refractivity contribution in [3.63, 3.8) is 0 Å². The summed E-state index contributed by atoms with van der Waals surface area (Å²) in [6.45, 7) is 2.21. The topological polar surface area (TPSA) is 94.5 Å². The first-order valence-electron chi connectivity index (χ1n) is 3.19. The molecule has 0 heterocycles. The van der Waals surface area contributed by atoms with Gasteiger partial charge >= 0.3 is 0 Å². The lowest BCUT2D eigenvalue weighted by molar-refractivity contribution is -0.307. The van der Waals surface area contributed by atoms with Gasteiger partial charge in [-0.15, -0.1) is 0 Å². The van der Waals surface area contributed by atoms with E-state index in [-0.39, 0.29) is 0 Å². The highest BCUT2D eigenvalue weighted by Gasteiger charge is 2.36. The summed E-state index contributed by atoms with van der Waals surface area (Å²) >= 11 is 0. The number of sulfone groups is 1. The minimum atomic E-state index is -3.83. The standard InChI is InChI=1S/C6H12O5S/c1-6(2,9)4(5(7)8)12(3,10)11/h4,9H,1-3H3,(H,7,8)/p-1/t4-/m1/s1. The van der Waals surface area contributed by atoms with Crippen LogP contribution >= 0.6 is 0 Å². The Kier molecular flexibility index (Phi) is 2.87. The lowest BCUT2D eigenvalue weighted by Crippen LogP contribution is -2.53. The maximum absolute atomic E-state index is 10.8. The molecule has 12 heavy (non-hydrogen) atoms. The van der Waals surface area contributed by atoms with Crippen LogP contribution < -0.4 is 5.11 Å². The molecule has 0 aliphatic carbocycles. The molecule has 0 unspecified atom stereocenters. The molecule has 0 amide bonds. The summed E-state index contributed by atoms with van der Waals surface area (Å²) in [6, 6.07) is 0. The lowest BCUT2D eigenvalue weighted by Gasteiger charge is -2.28. The van der Waals surface area contributed by atoms with Gasteiger partial charge in [0.05, 0.1) is 11.6 Å². The Balaban J connectivity index is 5.11. The SMILES string of the molecule is CC(C)(O)[C@@H](C(=O)[O-])S(C)(=O)=O. The van der Waals surface area contributed by atoms with Crippen molar-refractivity contribution in [2.24, 2.45) is 0 Å². The second kappa shape index (κ2) is 3.02. The lowest BCUT2D eigenvalue weighted by atomic mass is 10.1. The number of hydrogen-bond acceptors (Lipinski definition) is 5. The van der Waals surface area contributed by atoms with Crippen molar-refractivity contribution in [2.75, 3.05) is 6.26 Å². The number of aliphatic carboxylic acids is 1. The van der Waals surface area contributed by atoms with E-state index in [1.807, 2.05) is 0 Å². The van der Waals surface area contributed by atoms with Crippen molar-refractivity contribution < 1.29 is 23.4 Å². The second-order valence-corrected chi connectivity index (χ2v) is 5.31. The molecule has 72 valence electrons. The van der Waals surface area contributed by atoms with Crippen LogP contribution in [0.1, 0.15) is 13.8 Å². The van der Waals surface area contributed by atoms with Crippen LogP contribution in [0.5, 0.6) is 0 Å². The minimum Gasteiger partial charge on any atom is -0.549 e. The van der Waals surface area contributed by atoms with Crippen LogP contribution in [-0.2, 0) is 14.6 Å². The minimum absolute atomic E-state index is 0.742. The largest absolute Gasteiger partial charge is 0.549 e. The quantitative estimate of drug-likeness (QED) is 0.557. The molecule has 0 aromatic heterocycles. The van der Waals surface area contributed by atoms with E-state index in [4.69, 9.17) is 0 Å². The molecule has 0 saturated carbocycles. The summed E-state index contributed by atoms with van der Waals surface area (Å²) in [5.41, 5.74) is -1.83. The van der Waals surface area contributed by atoms with E-state index in [1.165, 1.54) is 0 Å². The van der Waals surface area contributed by atoms with Crippen molar-refractivity contribution in [3.8, 4) is 0 Å². The fourth-order valence-electron chi connectivity index (χ4n) is 0.987. The number of carbonyl (C=O) groups is 1. The first-order valence-corrected chi connectivity index (χ1v) is 5.14. The Hall–Kier alpha value is -0.620. The molecule has 0 bridgehead atoms. The first-order chi connectivity index (χ1) is 5.07. The van der Waals surface area contributed by atoms with E-state index in [1.54, 1.807) is 0 Å². The fraction of sp³-hybridized carbons (Fsp3) is 0.833. The average Bonchev–Trinajstić information content (AvgIpc) is 1.49. The van der Waals surface area contributed by atoms with Crippen LogP contribution in [0.3, 0.4) is 0 Å². The van der Waals surface area contributed by atoms with E-state index in [9.17, 15) is 23.4 Å². The van der Waals surface area contributed by atoms with Crippen LogP contribution in [0, 0.1) is 0 Å². The number of carboxylic acids is 1. The molecule has 0 saturated heterocycles. The van der Waals surface area contributed by atoms with Crippen molar-refractivity contribution in [1.29, 1.82) is 0 Å². The normalized spacial score (nSPS) is 15.7. The second-order valence-electron chi connectivity index (χ2n) is 3.18. The van der Waals surface area contributed by atoms with E-state index >= 15 is 0 Å². The molecule has 1 N–H and O–H groups in total. The molecule has 0 aliphatic rings. The molecule has 5 nitrogen and oxygen atoms in total. The zero-order chi connectivity index (χ0) is 10.2. The molecule has 0 fully saturated rings. The third kappa shape index (κ3) is 2.78. The average molecular weight is 195 g/mol. The predicted molar refractivity (Wildman–Crippen MR) is 39.9 cm³/mol. The van der Waals surface area contributed by atoms with Gasteiger partial charge in [0.15, 0.2) is 9.84 Å². The summed E-state index contributed by atoms with van der Waals surface area (Å²) in [5, 5.41) is 17.6. The summed E-state index contributed by atoms with van der Waals surface area (Å²) < 4.78 is 21.7. The van der Waals surface area contributed by atoms with Gasteiger partial charge in [0.2, 0.25) is 0 Å². The molecule has 0 rings (SSSR count). The number of aliphatic hydroxyl groups is 1. The number of carbonyl (C=O) groups excluding carboxylic acids is 1. The van der Waals surface area contributed by atoms with Gasteiger partial charge in [-0.25, -0.2) is 8.42 Å². The van der Waals surface area contributed by atoms with Gasteiger partial charge in [-0.2, -0.15) is 0 Å². The third-order valence-corrected chi connectivity index (χ3v) is 2.91. The van der Waals surface area contributed by atoms with Crippen LogP contribution in [0.25, 0.3) is 0 Å². The predicted octanol–water partition coefficient (Wildman–Crippen LogP) is -2.08. The Bertz CT molecular complexity index is 271. The zero-order valence-corrected chi connectivity index (χ0v) is 7.88. The van der Waals surface area contributed by atoms with Gasteiger partial charge in [-0.05, 0) is 13.8 Å². The number of carboxylic acid groups (broad SMARTS) is 1. The smallest absolute Gasteiger partial charge is 0.158 e. The van der Waals surface area contributed by atoms with Crippen molar-refractivity contribution >= 4 is 15.8 Å². The highest BCUT2D eigenvalue weighted by Crippen LogP contribution is 2.15. The van der Waals surface area contributed by atoms with Crippen LogP contribution in [-0.4, -0.2) is 36.6 Å². The van der Waals surface area contributed by atoms with Crippen molar-refractivity contribution in [2.45, 2.75) is 24.7 Å². The maximum Gasteiger partial charge on any atom is 0.158 e. The number of rotatable bonds is 3. The van der Waals surface area contributed by atoms with Gasteiger partial charge in [0.25, 0.3) is 0 Å². The first kappa shape index (κ1) is 11.4. The summed E-state index contributed by atoms with van der Waals surface area (Å²) in [5.74, 6) is -1.79. The summed E-state index contributed by atoms with van der Waals surface area (Å²) in [7, 11) is -3.83. The molecule has 0 radical (unpaired) electrons. The Morgan fingerprint density at radius 2 is 1.83 bits per heavy atom. The van der Waals surface area contributed by atoms with E-state index < -0.39 is 26.7 Å². The number of hydrogen-bond donors (Lipinski definition) is 1. The van der Waals surface area contributed by atoms with Gasteiger partial charge < -0.3 is 15.0 Å². The molecular formula is C6H11O5S-. The Labute approximate surface area is 70.9 Å². The molecule has 0 aromatic carbocycles. The maximum atomic E-state index is 10.8. The molecule has 1 atom stereocenters. The van der Waals surface area contributed by atoms with Gasteiger partial charge in [-0.1, -0.05) is 0 Å². The van der Waals surface area contributed by atoms with E-state index in [0.717, 1.165) is 20.1 Å². The van der Waals surface area contributed by atoms with Crippen molar-refractivity contribution in [3.05, 3.63) is 0 Å². The molecule has 0 spiro atoms. The summed E-state index contributed by atoms with van der Waals surface area (Å²) in [6.07, 6.45) is 0.742. The highest BCUT2D eigenvalue weighted by atomic mass is 32.2. The van der Waals surface area contributed by atoms with Crippen LogP contribution in [0.15, 0.2) is 0 Å². The molecular weight excluding hydrogens is 184 g/mol. The molecule has 0 aliphatic heterocycles. The van der Waals surface area contributed by atoms with Gasteiger partial charge in [0, 0.05) is 6.26 Å². The van der Waals surface area contributed by atoms with Crippen LogP contribution in [0.4, 0.5) is 0 Å². The molecule has 6 heteroatoms. The Morgan fingerprint density at radius 3 is 1.83 bits per heavy atom. The molecule has 0 aromatic rings. The zero-order valence-electron chi connectivity index (χ0n) is 7.07. The fourth-order valence-corrected chi connectivity index (χ4v) is 2.38. The summed E-state index contributed by atoms with van der Waals surface area (Å²) in [4.78, 5) is 10.3. The monoisotopic (exact) mass is 195 g/mol. The van der Waals surface area contributed by atoms with E-state index in [0.29, 0.717) is 0 Å². The highest BCUT2D eigenvalue weighted by molar-refractivity contribution is 7.92.